The second-order valence-electron chi connectivity index (χ2n) is 5.54. The molecule has 0 radical (unpaired) electrons. The third-order valence-electron chi connectivity index (χ3n) is 4.17. The molecule has 4 heteroatoms. The summed E-state index contributed by atoms with van der Waals surface area (Å²) in [4.78, 5) is 2.43. The Morgan fingerprint density at radius 1 is 1.37 bits per heavy atom. The summed E-state index contributed by atoms with van der Waals surface area (Å²) >= 11 is 0. The first-order valence-corrected chi connectivity index (χ1v) is 7.16. The molecule has 1 fully saturated rings. The average Bonchev–Trinajstić information content (AvgIpc) is 3.05. The zero-order valence-corrected chi connectivity index (χ0v) is 11.5. The molecule has 0 amide bonds. The van der Waals surface area contributed by atoms with Crippen molar-refractivity contribution < 1.29 is 9.47 Å². The van der Waals surface area contributed by atoms with Crippen molar-refractivity contribution in [3.05, 3.63) is 18.2 Å². The van der Waals surface area contributed by atoms with Crippen LogP contribution in [0.3, 0.4) is 0 Å². The molecule has 19 heavy (non-hydrogen) atoms. The van der Waals surface area contributed by atoms with Crippen LogP contribution in [0, 0.1) is 5.92 Å². The number of anilines is 1. The summed E-state index contributed by atoms with van der Waals surface area (Å²) in [5, 5.41) is 0. The van der Waals surface area contributed by atoms with Gasteiger partial charge < -0.3 is 20.1 Å². The lowest BCUT2D eigenvalue weighted by Crippen LogP contribution is -2.25. The molecule has 1 saturated heterocycles. The molecule has 2 heterocycles. The monoisotopic (exact) mass is 262 g/mol. The normalized spacial score (nSPS) is 22.8. The van der Waals surface area contributed by atoms with Crippen LogP contribution in [-0.4, -0.2) is 25.9 Å². The summed E-state index contributed by atoms with van der Waals surface area (Å²) in [5.74, 6) is 2.44. The largest absolute Gasteiger partial charge is 0.454 e. The molecule has 0 spiro atoms. The van der Waals surface area contributed by atoms with Crippen molar-refractivity contribution in [2.75, 3.05) is 24.8 Å². The Labute approximate surface area is 114 Å². The molecule has 1 aromatic carbocycles. The van der Waals surface area contributed by atoms with E-state index in [1.165, 1.54) is 12.1 Å². The number of nitrogens with two attached hydrogens (primary N) is 1. The number of nitrogens with zero attached hydrogens (tertiary/aromatic N) is 1. The lowest BCUT2D eigenvalue weighted by atomic mass is 9.98. The van der Waals surface area contributed by atoms with E-state index >= 15 is 0 Å². The first-order valence-electron chi connectivity index (χ1n) is 7.16. The molecule has 2 N–H and O–H groups in total. The van der Waals surface area contributed by atoms with Gasteiger partial charge in [0, 0.05) is 30.9 Å². The molecule has 2 unspecified atom stereocenters. The average molecular weight is 262 g/mol. The highest BCUT2D eigenvalue weighted by molar-refractivity contribution is 5.57. The number of benzene rings is 1. The van der Waals surface area contributed by atoms with Gasteiger partial charge in [0.25, 0.3) is 0 Å². The van der Waals surface area contributed by atoms with E-state index in [4.69, 9.17) is 15.2 Å². The van der Waals surface area contributed by atoms with Gasteiger partial charge in [-0.1, -0.05) is 6.92 Å². The van der Waals surface area contributed by atoms with Gasteiger partial charge in [0.15, 0.2) is 11.5 Å². The maximum absolute atomic E-state index is 6.06. The van der Waals surface area contributed by atoms with Crippen LogP contribution in [0.25, 0.3) is 0 Å². The number of fused-ring (bicyclic) bond motifs is 1. The molecule has 0 saturated carbocycles. The van der Waals surface area contributed by atoms with E-state index in [1.807, 2.05) is 6.07 Å². The SMILES string of the molecule is CCC(N)CC1CCN(c2ccc3c(c2)OCO3)C1. The molecule has 2 aliphatic heterocycles. The zero-order valence-electron chi connectivity index (χ0n) is 11.5. The van der Waals surface area contributed by atoms with Crippen LogP contribution in [0.15, 0.2) is 18.2 Å². The minimum Gasteiger partial charge on any atom is -0.454 e. The molecule has 0 bridgehead atoms. The van der Waals surface area contributed by atoms with Gasteiger partial charge >= 0.3 is 0 Å². The Balaban J connectivity index is 1.64. The number of hydrogen-bond acceptors (Lipinski definition) is 4. The number of rotatable bonds is 4. The van der Waals surface area contributed by atoms with Gasteiger partial charge in [-0.3, -0.25) is 0 Å². The fourth-order valence-corrected chi connectivity index (χ4v) is 2.94. The number of hydrogen-bond donors (Lipinski definition) is 1. The van der Waals surface area contributed by atoms with Crippen LogP contribution in [0.2, 0.25) is 0 Å². The Morgan fingerprint density at radius 3 is 3.05 bits per heavy atom. The standard InChI is InChI=1S/C15H22N2O2/c1-2-12(16)7-11-5-6-17(9-11)13-3-4-14-15(8-13)19-10-18-14/h3-4,8,11-12H,2,5-7,9-10,16H2,1H3. The van der Waals surface area contributed by atoms with E-state index in [0.29, 0.717) is 12.8 Å². The fraction of sp³-hybridized carbons (Fsp3) is 0.600. The van der Waals surface area contributed by atoms with Crippen LogP contribution in [0.1, 0.15) is 26.2 Å². The predicted octanol–water partition coefficient (Wildman–Crippen LogP) is 2.37. The second-order valence-corrected chi connectivity index (χ2v) is 5.54. The maximum atomic E-state index is 6.06. The van der Waals surface area contributed by atoms with Gasteiger partial charge in [-0.05, 0) is 37.3 Å². The van der Waals surface area contributed by atoms with Crippen LogP contribution >= 0.6 is 0 Å². The van der Waals surface area contributed by atoms with Gasteiger partial charge in [-0.2, -0.15) is 0 Å². The van der Waals surface area contributed by atoms with E-state index in [2.05, 4.69) is 24.0 Å². The molecule has 0 aromatic heterocycles. The molecule has 0 aliphatic carbocycles. The first-order chi connectivity index (χ1) is 9.26. The highest BCUT2D eigenvalue weighted by Gasteiger charge is 2.25. The van der Waals surface area contributed by atoms with Crippen LogP contribution < -0.4 is 20.1 Å². The van der Waals surface area contributed by atoms with Crippen molar-refractivity contribution in [2.45, 2.75) is 32.2 Å². The third-order valence-corrected chi connectivity index (χ3v) is 4.17. The molecular weight excluding hydrogens is 240 g/mol. The van der Waals surface area contributed by atoms with Crippen LogP contribution in [0.4, 0.5) is 5.69 Å². The van der Waals surface area contributed by atoms with Crippen molar-refractivity contribution >= 4 is 5.69 Å². The Kier molecular flexibility index (Phi) is 3.51. The van der Waals surface area contributed by atoms with Gasteiger partial charge in [0.2, 0.25) is 6.79 Å². The van der Waals surface area contributed by atoms with Gasteiger partial charge in [0.05, 0.1) is 0 Å². The number of ether oxygens (including phenoxy) is 2. The second kappa shape index (κ2) is 5.29. The molecule has 2 aliphatic rings. The van der Waals surface area contributed by atoms with Crippen molar-refractivity contribution in [1.29, 1.82) is 0 Å². The molecule has 3 rings (SSSR count). The summed E-state index contributed by atoms with van der Waals surface area (Å²) in [6.45, 7) is 4.72. The summed E-state index contributed by atoms with van der Waals surface area (Å²) in [5.41, 5.74) is 7.29. The van der Waals surface area contributed by atoms with Crippen molar-refractivity contribution in [3.8, 4) is 11.5 Å². The molecular formula is C15H22N2O2. The van der Waals surface area contributed by atoms with Crippen molar-refractivity contribution in [3.63, 3.8) is 0 Å². The van der Waals surface area contributed by atoms with E-state index in [-0.39, 0.29) is 0 Å². The maximum Gasteiger partial charge on any atom is 0.231 e. The van der Waals surface area contributed by atoms with Gasteiger partial charge in [0.1, 0.15) is 0 Å². The van der Waals surface area contributed by atoms with Gasteiger partial charge in [-0.25, -0.2) is 0 Å². The Morgan fingerprint density at radius 2 is 2.21 bits per heavy atom. The Hall–Kier alpha value is -1.42. The van der Waals surface area contributed by atoms with E-state index in [0.717, 1.165) is 43.3 Å². The summed E-state index contributed by atoms with van der Waals surface area (Å²) < 4.78 is 10.8. The molecule has 2 atom stereocenters. The lowest BCUT2D eigenvalue weighted by Gasteiger charge is -2.20. The summed E-state index contributed by atoms with van der Waals surface area (Å²) in [6, 6.07) is 6.56. The minimum atomic E-state index is 0.340. The topological polar surface area (TPSA) is 47.7 Å². The van der Waals surface area contributed by atoms with E-state index < -0.39 is 0 Å². The molecule has 104 valence electrons. The fourth-order valence-electron chi connectivity index (χ4n) is 2.94. The summed E-state index contributed by atoms with van der Waals surface area (Å²) in [6.07, 6.45) is 3.44. The quantitative estimate of drug-likeness (QED) is 0.905. The molecule has 4 nitrogen and oxygen atoms in total. The predicted molar refractivity (Wildman–Crippen MR) is 75.8 cm³/mol. The van der Waals surface area contributed by atoms with E-state index in [1.54, 1.807) is 0 Å². The highest BCUT2D eigenvalue weighted by atomic mass is 16.7. The van der Waals surface area contributed by atoms with Crippen LogP contribution in [-0.2, 0) is 0 Å². The molecule has 1 aromatic rings. The lowest BCUT2D eigenvalue weighted by molar-refractivity contribution is 0.174. The zero-order chi connectivity index (χ0) is 13.2. The summed E-state index contributed by atoms with van der Waals surface area (Å²) in [7, 11) is 0. The third kappa shape index (κ3) is 2.63. The Bertz CT molecular complexity index is 450. The van der Waals surface area contributed by atoms with Gasteiger partial charge in [-0.15, -0.1) is 0 Å². The minimum absolute atomic E-state index is 0.340. The van der Waals surface area contributed by atoms with Crippen molar-refractivity contribution in [2.24, 2.45) is 11.7 Å². The van der Waals surface area contributed by atoms with E-state index in [9.17, 15) is 0 Å². The first kappa shape index (κ1) is 12.6. The smallest absolute Gasteiger partial charge is 0.231 e. The van der Waals surface area contributed by atoms with Crippen LogP contribution in [0.5, 0.6) is 11.5 Å². The highest BCUT2D eigenvalue weighted by Crippen LogP contribution is 2.37. The van der Waals surface area contributed by atoms with Crippen molar-refractivity contribution in [1.82, 2.24) is 0 Å².